The first-order valence-corrected chi connectivity index (χ1v) is 8.65. The van der Waals surface area contributed by atoms with E-state index in [1.165, 1.54) is 27.8 Å². The van der Waals surface area contributed by atoms with Crippen LogP contribution < -0.4 is 0 Å². The molecule has 0 fully saturated rings. The van der Waals surface area contributed by atoms with E-state index < -0.39 is 0 Å². The number of hydrogen-bond acceptors (Lipinski definition) is 0. The van der Waals surface area contributed by atoms with Crippen molar-refractivity contribution >= 4 is 22.7 Å². The van der Waals surface area contributed by atoms with E-state index in [0.29, 0.717) is 5.92 Å². The minimum atomic E-state index is 0.401. The number of rotatable bonds is 4. The van der Waals surface area contributed by atoms with Crippen molar-refractivity contribution in [3.05, 3.63) is 107 Å². The molecule has 0 unspecified atom stereocenters. The van der Waals surface area contributed by atoms with Crippen LogP contribution in [0.1, 0.15) is 30.5 Å². The van der Waals surface area contributed by atoms with Gasteiger partial charge in [0.25, 0.3) is 0 Å². The Bertz CT molecular complexity index is 813. The summed E-state index contributed by atoms with van der Waals surface area (Å²) in [5.74, 6) is 0.401. The third-order valence-electron chi connectivity index (χ3n) is 4.13. The predicted molar refractivity (Wildman–Crippen MR) is 105 cm³/mol. The van der Waals surface area contributed by atoms with Gasteiger partial charge in [-0.1, -0.05) is 98.2 Å². The van der Waals surface area contributed by atoms with Gasteiger partial charge < -0.3 is 0 Å². The summed E-state index contributed by atoms with van der Waals surface area (Å²) < 4.78 is 0. The number of halogens is 1. The van der Waals surface area contributed by atoms with Gasteiger partial charge in [-0.05, 0) is 45.9 Å². The molecule has 0 bridgehead atoms. The maximum Gasteiger partial charge on any atom is 0.0406 e. The average Bonchev–Trinajstić information content (AvgIpc) is 2.62. The van der Waals surface area contributed by atoms with Gasteiger partial charge in [-0.15, -0.1) is 0 Å². The molecule has 0 radical (unpaired) electrons. The molecule has 0 aliphatic carbocycles. The lowest BCUT2D eigenvalue weighted by molar-refractivity contribution is 0.857. The molecule has 0 spiro atoms. The molecule has 3 rings (SSSR count). The summed E-state index contributed by atoms with van der Waals surface area (Å²) in [6.45, 7) is 4.50. The van der Waals surface area contributed by atoms with Crippen molar-refractivity contribution in [1.82, 2.24) is 0 Å². The van der Waals surface area contributed by atoms with Gasteiger partial charge in [0.1, 0.15) is 0 Å². The summed E-state index contributed by atoms with van der Waals surface area (Å²) in [5, 5.41) is 0.761. The average molecular weight is 333 g/mol. The molecule has 0 heterocycles. The lowest BCUT2D eigenvalue weighted by Gasteiger charge is -2.20. The van der Waals surface area contributed by atoms with Crippen molar-refractivity contribution in [1.29, 1.82) is 0 Å². The van der Waals surface area contributed by atoms with Crippen LogP contribution in [0.3, 0.4) is 0 Å². The van der Waals surface area contributed by atoms with Crippen LogP contribution in [0.2, 0.25) is 5.02 Å². The maximum atomic E-state index is 6.11. The summed E-state index contributed by atoms with van der Waals surface area (Å²) in [7, 11) is 0. The van der Waals surface area contributed by atoms with Gasteiger partial charge in [-0.3, -0.25) is 0 Å². The van der Waals surface area contributed by atoms with E-state index in [1.807, 2.05) is 12.1 Å². The van der Waals surface area contributed by atoms with Crippen molar-refractivity contribution in [3.8, 4) is 0 Å². The highest BCUT2D eigenvalue weighted by Crippen LogP contribution is 2.36. The largest absolute Gasteiger partial charge is 0.0843 e. The van der Waals surface area contributed by atoms with E-state index in [4.69, 9.17) is 11.6 Å². The van der Waals surface area contributed by atoms with Crippen molar-refractivity contribution in [3.63, 3.8) is 0 Å². The van der Waals surface area contributed by atoms with Gasteiger partial charge in [0.05, 0.1) is 0 Å². The van der Waals surface area contributed by atoms with Gasteiger partial charge in [0, 0.05) is 5.02 Å². The van der Waals surface area contributed by atoms with Crippen LogP contribution in [-0.4, -0.2) is 0 Å². The third-order valence-corrected chi connectivity index (χ3v) is 4.38. The highest BCUT2D eigenvalue weighted by Gasteiger charge is 2.16. The topological polar surface area (TPSA) is 0 Å². The van der Waals surface area contributed by atoms with Crippen molar-refractivity contribution in [2.75, 3.05) is 0 Å². The van der Waals surface area contributed by atoms with Crippen molar-refractivity contribution in [2.45, 2.75) is 13.8 Å². The van der Waals surface area contributed by atoms with Crippen LogP contribution in [0.15, 0.2) is 84.9 Å². The smallest absolute Gasteiger partial charge is 0.0406 e. The molecule has 3 aromatic rings. The first kappa shape index (κ1) is 16.5. The predicted octanol–water partition coefficient (Wildman–Crippen LogP) is 6.96. The summed E-state index contributed by atoms with van der Waals surface area (Å²) >= 11 is 6.11. The van der Waals surface area contributed by atoms with Gasteiger partial charge in [0.2, 0.25) is 0 Å². The fourth-order valence-corrected chi connectivity index (χ4v) is 3.21. The van der Waals surface area contributed by atoms with Crippen LogP contribution in [0.5, 0.6) is 0 Å². The molecular formula is C23H21Cl. The van der Waals surface area contributed by atoms with Crippen molar-refractivity contribution < 1.29 is 0 Å². The molecule has 0 saturated carbocycles. The molecule has 0 nitrogen and oxygen atoms in total. The van der Waals surface area contributed by atoms with E-state index in [1.54, 1.807) is 0 Å². The zero-order valence-corrected chi connectivity index (χ0v) is 14.8. The molecule has 120 valence electrons. The Kier molecular flexibility index (Phi) is 5.17. The van der Waals surface area contributed by atoms with E-state index >= 15 is 0 Å². The lowest BCUT2D eigenvalue weighted by Crippen LogP contribution is -2.01. The molecule has 0 aliphatic heterocycles. The number of benzene rings is 3. The number of allylic oxidation sites excluding steroid dienone is 1. The molecule has 0 saturated heterocycles. The van der Waals surface area contributed by atoms with E-state index in [0.717, 1.165) is 5.02 Å². The molecular weight excluding hydrogens is 312 g/mol. The first-order chi connectivity index (χ1) is 11.7. The van der Waals surface area contributed by atoms with Crippen LogP contribution in [0.4, 0.5) is 0 Å². The molecule has 24 heavy (non-hydrogen) atoms. The van der Waals surface area contributed by atoms with Crippen LogP contribution in [0.25, 0.3) is 11.1 Å². The second-order valence-corrected chi connectivity index (χ2v) is 6.62. The number of hydrogen-bond donors (Lipinski definition) is 0. The summed E-state index contributed by atoms with van der Waals surface area (Å²) in [6.07, 6.45) is 0. The second-order valence-electron chi connectivity index (χ2n) is 6.18. The van der Waals surface area contributed by atoms with Gasteiger partial charge in [0.15, 0.2) is 0 Å². The monoisotopic (exact) mass is 332 g/mol. The molecule has 0 amide bonds. The minimum absolute atomic E-state index is 0.401. The quantitative estimate of drug-likeness (QED) is 0.453. The lowest BCUT2D eigenvalue weighted by atomic mass is 9.84. The maximum absolute atomic E-state index is 6.11. The fraction of sp³-hybridized carbons (Fsp3) is 0.130. The van der Waals surface area contributed by atoms with E-state index in [-0.39, 0.29) is 0 Å². The molecule has 1 heteroatoms. The van der Waals surface area contributed by atoms with E-state index in [9.17, 15) is 0 Å². The SMILES string of the molecule is CC(C)/C(=C(\c1ccccc1)c1ccc(Cl)cc1)c1ccccc1. The Morgan fingerprint density at radius 2 is 1.08 bits per heavy atom. The molecule has 0 atom stereocenters. The van der Waals surface area contributed by atoms with Gasteiger partial charge in [-0.2, -0.15) is 0 Å². The third kappa shape index (κ3) is 3.60. The Labute approximate surface area is 149 Å². The van der Waals surface area contributed by atoms with E-state index in [2.05, 4.69) is 86.6 Å². The summed E-state index contributed by atoms with van der Waals surface area (Å²) in [4.78, 5) is 0. The Morgan fingerprint density at radius 1 is 0.625 bits per heavy atom. The molecule has 0 N–H and O–H groups in total. The molecule has 0 aromatic heterocycles. The molecule has 0 aliphatic rings. The Morgan fingerprint density at radius 3 is 1.58 bits per heavy atom. The van der Waals surface area contributed by atoms with Crippen LogP contribution in [0, 0.1) is 5.92 Å². The summed E-state index contributed by atoms with van der Waals surface area (Å²) in [6, 6.07) is 29.4. The fourth-order valence-electron chi connectivity index (χ4n) is 3.08. The molecule has 3 aromatic carbocycles. The highest BCUT2D eigenvalue weighted by atomic mass is 35.5. The zero-order chi connectivity index (χ0) is 16.9. The standard InChI is InChI=1S/C23H21Cl/c1-17(2)22(18-9-5-3-6-10-18)23(19-11-7-4-8-12-19)20-13-15-21(24)16-14-20/h3-17H,1-2H3/b23-22-. The van der Waals surface area contributed by atoms with Crippen LogP contribution in [-0.2, 0) is 0 Å². The van der Waals surface area contributed by atoms with Gasteiger partial charge >= 0.3 is 0 Å². The second kappa shape index (κ2) is 7.51. The normalized spacial score (nSPS) is 12.2. The highest BCUT2D eigenvalue weighted by molar-refractivity contribution is 6.30. The Hall–Kier alpha value is -2.31. The van der Waals surface area contributed by atoms with Gasteiger partial charge in [-0.25, -0.2) is 0 Å². The van der Waals surface area contributed by atoms with Crippen LogP contribution >= 0.6 is 11.6 Å². The zero-order valence-electron chi connectivity index (χ0n) is 14.0. The van der Waals surface area contributed by atoms with Crippen molar-refractivity contribution in [2.24, 2.45) is 5.92 Å². The Balaban J connectivity index is 2.31. The summed E-state index contributed by atoms with van der Waals surface area (Å²) in [5.41, 5.74) is 6.31. The first-order valence-electron chi connectivity index (χ1n) is 8.28. The minimum Gasteiger partial charge on any atom is -0.0843 e.